The van der Waals surface area contributed by atoms with E-state index in [1.54, 1.807) is 15.9 Å². The van der Waals surface area contributed by atoms with Crippen LogP contribution in [0.4, 0.5) is 0 Å². The summed E-state index contributed by atoms with van der Waals surface area (Å²) in [6.45, 7) is 2.73. The zero-order valence-corrected chi connectivity index (χ0v) is 13.9. The summed E-state index contributed by atoms with van der Waals surface area (Å²) in [6.07, 6.45) is 3.67. The number of halogens is 1. The average molecular weight is 324 g/mol. The van der Waals surface area contributed by atoms with Crippen LogP contribution in [0.15, 0.2) is 36.9 Å². The van der Waals surface area contributed by atoms with E-state index in [4.69, 9.17) is 0 Å². The summed E-state index contributed by atoms with van der Waals surface area (Å²) < 4.78 is 1.70. The summed E-state index contributed by atoms with van der Waals surface area (Å²) >= 11 is 0. The highest BCUT2D eigenvalue weighted by molar-refractivity contribution is 5.85. The minimum absolute atomic E-state index is 0. The van der Waals surface area contributed by atoms with Crippen LogP contribution in [-0.2, 0) is 4.79 Å². The molecular weight excluding hydrogens is 302 g/mol. The van der Waals surface area contributed by atoms with Crippen LogP contribution in [0.3, 0.4) is 0 Å². The largest absolute Gasteiger partial charge is 0.339 e. The van der Waals surface area contributed by atoms with Crippen LogP contribution in [0.1, 0.15) is 24.9 Å². The molecule has 2 rings (SSSR count). The average Bonchev–Trinajstić information content (AvgIpc) is 3.05. The summed E-state index contributed by atoms with van der Waals surface area (Å²) in [4.78, 5) is 17.7. The lowest BCUT2D eigenvalue weighted by Crippen LogP contribution is -2.31. The zero-order chi connectivity index (χ0) is 15.2. The van der Waals surface area contributed by atoms with Crippen LogP contribution in [-0.4, -0.2) is 46.2 Å². The van der Waals surface area contributed by atoms with Crippen molar-refractivity contribution in [1.82, 2.24) is 25.0 Å². The van der Waals surface area contributed by atoms with E-state index >= 15 is 0 Å². The highest BCUT2D eigenvalue weighted by atomic mass is 35.5. The van der Waals surface area contributed by atoms with Crippen LogP contribution in [0.25, 0.3) is 5.69 Å². The summed E-state index contributed by atoms with van der Waals surface area (Å²) in [5, 5.41) is 7.08. The third kappa shape index (κ3) is 4.29. The third-order valence-electron chi connectivity index (χ3n) is 3.62. The van der Waals surface area contributed by atoms with Crippen LogP contribution < -0.4 is 5.32 Å². The lowest BCUT2D eigenvalue weighted by Gasteiger charge is -2.25. The number of carbonyl (C=O) groups is 1. The number of aromatic nitrogens is 3. The summed E-state index contributed by atoms with van der Waals surface area (Å²) in [6, 6.07) is 8.03. The SMILES string of the molecule is CNCCC(=O)N(C)C(C)c1ccc(-n2cncn2)cc1.Cl. The van der Waals surface area contributed by atoms with E-state index in [1.165, 1.54) is 6.33 Å². The molecule has 0 aliphatic carbocycles. The van der Waals surface area contributed by atoms with Crippen molar-refractivity contribution in [2.45, 2.75) is 19.4 Å². The van der Waals surface area contributed by atoms with Gasteiger partial charge in [-0.2, -0.15) is 5.10 Å². The lowest BCUT2D eigenvalue weighted by atomic mass is 10.1. The first-order valence-corrected chi connectivity index (χ1v) is 6.98. The summed E-state index contributed by atoms with van der Waals surface area (Å²) in [7, 11) is 3.69. The molecule has 1 atom stereocenters. The maximum Gasteiger partial charge on any atom is 0.224 e. The van der Waals surface area contributed by atoms with Crippen LogP contribution in [0, 0.1) is 0 Å². The molecular formula is C15H22ClN5O. The Hall–Kier alpha value is -1.92. The molecule has 1 aromatic carbocycles. The van der Waals surface area contributed by atoms with Gasteiger partial charge in [0.2, 0.25) is 5.91 Å². The van der Waals surface area contributed by atoms with Crippen molar-refractivity contribution in [2.75, 3.05) is 20.6 Å². The molecule has 0 fully saturated rings. The van der Waals surface area contributed by atoms with Gasteiger partial charge >= 0.3 is 0 Å². The molecule has 0 bridgehead atoms. The van der Waals surface area contributed by atoms with Crippen LogP contribution in [0.5, 0.6) is 0 Å². The van der Waals surface area contributed by atoms with Gasteiger partial charge in [-0.1, -0.05) is 12.1 Å². The van der Waals surface area contributed by atoms with E-state index < -0.39 is 0 Å². The van der Waals surface area contributed by atoms with Crippen molar-refractivity contribution in [3.8, 4) is 5.69 Å². The van der Waals surface area contributed by atoms with Crippen molar-refractivity contribution in [3.63, 3.8) is 0 Å². The molecule has 1 heterocycles. The number of hydrogen-bond donors (Lipinski definition) is 1. The molecule has 1 amide bonds. The lowest BCUT2D eigenvalue weighted by molar-refractivity contribution is -0.131. The van der Waals surface area contributed by atoms with Gasteiger partial charge in [0.05, 0.1) is 11.7 Å². The topological polar surface area (TPSA) is 63.1 Å². The Balaban J connectivity index is 0.00000242. The van der Waals surface area contributed by atoms with Crippen molar-refractivity contribution >= 4 is 18.3 Å². The number of carbonyl (C=O) groups excluding carboxylic acids is 1. The molecule has 0 aliphatic rings. The molecule has 0 saturated carbocycles. The first-order chi connectivity index (χ1) is 10.1. The minimum atomic E-state index is 0. The molecule has 120 valence electrons. The smallest absolute Gasteiger partial charge is 0.224 e. The molecule has 0 saturated heterocycles. The molecule has 1 N–H and O–H groups in total. The van der Waals surface area contributed by atoms with E-state index in [1.807, 2.05) is 45.3 Å². The van der Waals surface area contributed by atoms with Gasteiger partial charge in [0, 0.05) is 20.0 Å². The maximum atomic E-state index is 12.0. The molecule has 1 aromatic heterocycles. The highest BCUT2D eigenvalue weighted by Crippen LogP contribution is 2.20. The van der Waals surface area contributed by atoms with Crippen LogP contribution >= 0.6 is 12.4 Å². The summed E-state index contributed by atoms with van der Waals surface area (Å²) in [5.41, 5.74) is 2.05. The van der Waals surface area contributed by atoms with Gasteiger partial charge in [-0.3, -0.25) is 4.79 Å². The fraction of sp³-hybridized carbons (Fsp3) is 0.400. The molecule has 7 heteroatoms. The van der Waals surface area contributed by atoms with Gasteiger partial charge < -0.3 is 10.2 Å². The molecule has 0 spiro atoms. The predicted octanol–water partition coefficient (Wildman–Crippen LogP) is 1.82. The van der Waals surface area contributed by atoms with E-state index in [2.05, 4.69) is 15.4 Å². The molecule has 2 aromatic rings. The summed E-state index contributed by atoms with van der Waals surface area (Å²) in [5.74, 6) is 0.136. The minimum Gasteiger partial charge on any atom is -0.339 e. The van der Waals surface area contributed by atoms with Crippen molar-refractivity contribution in [1.29, 1.82) is 0 Å². The van der Waals surface area contributed by atoms with Gasteiger partial charge in [-0.15, -0.1) is 12.4 Å². The fourth-order valence-corrected chi connectivity index (χ4v) is 2.10. The number of rotatable bonds is 6. The Morgan fingerprint density at radius 1 is 1.36 bits per heavy atom. The second kappa shape index (κ2) is 8.51. The van der Waals surface area contributed by atoms with Crippen molar-refractivity contribution in [3.05, 3.63) is 42.5 Å². The first-order valence-electron chi connectivity index (χ1n) is 6.98. The Labute approximate surface area is 136 Å². The number of benzene rings is 1. The standard InChI is InChI=1S/C15H21N5O.ClH/c1-12(19(3)15(21)8-9-16-2)13-4-6-14(7-5-13)20-11-17-10-18-20;/h4-7,10-12,16H,8-9H2,1-3H3;1H. The highest BCUT2D eigenvalue weighted by Gasteiger charge is 2.16. The second-order valence-corrected chi connectivity index (χ2v) is 4.97. The number of amides is 1. The van der Waals surface area contributed by atoms with Crippen molar-refractivity contribution in [2.24, 2.45) is 0 Å². The maximum absolute atomic E-state index is 12.0. The Kier molecular flexibility index (Phi) is 7.01. The van der Waals surface area contributed by atoms with E-state index in [0.717, 1.165) is 11.3 Å². The Bertz CT molecular complexity index is 570. The Morgan fingerprint density at radius 2 is 2.05 bits per heavy atom. The van der Waals surface area contributed by atoms with E-state index in [0.29, 0.717) is 13.0 Å². The normalized spacial score (nSPS) is 11.6. The Morgan fingerprint density at radius 3 is 2.59 bits per heavy atom. The molecule has 6 nitrogen and oxygen atoms in total. The second-order valence-electron chi connectivity index (χ2n) is 4.97. The van der Waals surface area contributed by atoms with Gasteiger partial charge in [-0.25, -0.2) is 9.67 Å². The molecule has 0 radical (unpaired) electrons. The van der Waals surface area contributed by atoms with E-state index in [-0.39, 0.29) is 24.4 Å². The monoisotopic (exact) mass is 323 g/mol. The van der Waals surface area contributed by atoms with Gasteiger partial charge in [0.25, 0.3) is 0 Å². The fourth-order valence-electron chi connectivity index (χ4n) is 2.10. The zero-order valence-electron chi connectivity index (χ0n) is 13.1. The molecule has 1 unspecified atom stereocenters. The molecule has 0 aliphatic heterocycles. The number of nitrogens with zero attached hydrogens (tertiary/aromatic N) is 4. The predicted molar refractivity (Wildman–Crippen MR) is 88.3 cm³/mol. The first kappa shape index (κ1) is 18.1. The number of hydrogen-bond acceptors (Lipinski definition) is 4. The van der Waals surface area contributed by atoms with Gasteiger partial charge in [0.1, 0.15) is 12.7 Å². The van der Waals surface area contributed by atoms with E-state index in [9.17, 15) is 4.79 Å². The van der Waals surface area contributed by atoms with Crippen molar-refractivity contribution < 1.29 is 4.79 Å². The number of nitrogens with one attached hydrogen (secondary N) is 1. The van der Waals surface area contributed by atoms with Gasteiger partial charge in [0.15, 0.2) is 0 Å². The quantitative estimate of drug-likeness (QED) is 0.880. The van der Waals surface area contributed by atoms with Crippen LogP contribution in [0.2, 0.25) is 0 Å². The van der Waals surface area contributed by atoms with Gasteiger partial charge in [-0.05, 0) is 31.7 Å². The molecule has 22 heavy (non-hydrogen) atoms. The third-order valence-corrected chi connectivity index (χ3v) is 3.62.